The van der Waals surface area contributed by atoms with Gasteiger partial charge in [0.25, 0.3) is 0 Å². The van der Waals surface area contributed by atoms with Gasteiger partial charge in [-0.05, 0) is 30.0 Å². The Hall–Kier alpha value is -1.02. The van der Waals surface area contributed by atoms with Crippen LogP contribution in [0.1, 0.15) is 19.4 Å². The van der Waals surface area contributed by atoms with Gasteiger partial charge in [-0.25, -0.2) is 0 Å². The largest absolute Gasteiger partial charge is 0.508 e. The van der Waals surface area contributed by atoms with Crippen LogP contribution in [0.2, 0.25) is 0 Å². The summed E-state index contributed by atoms with van der Waals surface area (Å²) < 4.78 is 0. The van der Waals surface area contributed by atoms with Gasteiger partial charge in [-0.3, -0.25) is 0 Å². The van der Waals surface area contributed by atoms with E-state index in [1.165, 1.54) is 0 Å². The van der Waals surface area contributed by atoms with Crippen LogP contribution in [0, 0.1) is 5.92 Å². The molecule has 0 aliphatic carbocycles. The van der Waals surface area contributed by atoms with Gasteiger partial charge in [0.15, 0.2) is 0 Å². The Morgan fingerprint density at radius 2 is 1.69 bits per heavy atom. The minimum absolute atomic E-state index is 0.266. The highest BCUT2D eigenvalue weighted by Crippen LogP contribution is 2.13. The molecule has 0 heterocycles. The van der Waals surface area contributed by atoms with Crippen LogP contribution in [0.25, 0.3) is 0 Å². The summed E-state index contributed by atoms with van der Waals surface area (Å²) in [5, 5.41) is 18.6. The molecule has 2 N–H and O–H groups in total. The lowest BCUT2D eigenvalue weighted by Crippen LogP contribution is -2.17. The fourth-order valence-electron chi connectivity index (χ4n) is 1.11. The second-order valence-electron chi connectivity index (χ2n) is 3.68. The van der Waals surface area contributed by atoms with Crippen LogP contribution < -0.4 is 0 Å². The Bertz CT molecular complexity index is 251. The molecular formula is C11H16O2. The first-order valence-electron chi connectivity index (χ1n) is 4.55. The summed E-state index contributed by atoms with van der Waals surface area (Å²) in [6.07, 6.45) is 0.349. The summed E-state index contributed by atoms with van der Waals surface area (Å²) in [5.74, 6) is 0.539. The third-order valence-corrected chi connectivity index (χ3v) is 2.15. The lowest BCUT2D eigenvalue weighted by atomic mass is 9.99. The van der Waals surface area contributed by atoms with E-state index in [0.717, 1.165) is 5.56 Å². The highest BCUT2D eigenvalue weighted by molar-refractivity contribution is 5.26. The van der Waals surface area contributed by atoms with E-state index in [0.29, 0.717) is 6.42 Å². The van der Waals surface area contributed by atoms with Crippen molar-refractivity contribution in [3.63, 3.8) is 0 Å². The molecule has 0 radical (unpaired) electrons. The molecule has 0 saturated heterocycles. The molecular weight excluding hydrogens is 164 g/mol. The molecule has 1 unspecified atom stereocenters. The fourth-order valence-corrected chi connectivity index (χ4v) is 1.11. The first kappa shape index (κ1) is 10.1. The summed E-state index contributed by atoms with van der Waals surface area (Å²) >= 11 is 0. The predicted molar refractivity (Wildman–Crippen MR) is 52.7 cm³/mol. The van der Waals surface area contributed by atoms with Crippen LogP contribution in [-0.4, -0.2) is 16.3 Å². The van der Waals surface area contributed by atoms with Gasteiger partial charge >= 0.3 is 0 Å². The van der Waals surface area contributed by atoms with Crippen molar-refractivity contribution < 1.29 is 10.2 Å². The van der Waals surface area contributed by atoms with Crippen molar-refractivity contribution in [2.24, 2.45) is 5.92 Å². The van der Waals surface area contributed by atoms with E-state index in [1.54, 1.807) is 12.1 Å². The van der Waals surface area contributed by atoms with Crippen molar-refractivity contribution in [3.05, 3.63) is 29.8 Å². The van der Waals surface area contributed by atoms with E-state index in [1.807, 2.05) is 26.0 Å². The van der Waals surface area contributed by atoms with Crippen molar-refractivity contribution in [2.75, 3.05) is 0 Å². The van der Waals surface area contributed by atoms with Crippen LogP contribution in [0.4, 0.5) is 0 Å². The van der Waals surface area contributed by atoms with Gasteiger partial charge in [0.2, 0.25) is 0 Å². The number of aromatic hydroxyl groups is 1. The maximum atomic E-state index is 9.59. The van der Waals surface area contributed by atoms with Gasteiger partial charge in [-0.2, -0.15) is 0 Å². The molecule has 1 rings (SSSR count). The van der Waals surface area contributed by atoms with E-state index in [9.17, 15) is 5.11 Å². The standard InChI is InChI=1S/C11H16O2/c1-8(2)11(13)7-9-3-5-10(12)6-4-9/h3-6,8,11-13H,7H2,1-2H3. The quantitative estimate of drug-likeness (QED) is 0.746. The maximum Gasteiger partial charge on any atom is 0.115 e. The number of aliphatic hydroxyl groups is 1. The van der Waals surface area contributed by atoms with Crippen molar-refractivity contribution >= 4 is 0 Å². The second-order valence-corrected chi connectivity index (χ2v) is 3.68. The van der Waals surface area contributed by atoms with Crippen LogP contribution >= 0.6 is 0 Å². The number of hydrogen-bond donors (Lipinski definition) is 2. The lowest BCUT2D eigenvalue weighted by molar-refractivity contribution is 0.125. The molecule has 1 aromatic rings. The minimum atomic E-state index is -0.301. The van der Waals surface area contributed by atoms with Gasteiger partial charge in [0, 0.05) is 0 Å². The zero-order valence-electron chi connectivity index (χ0n) is 8.07. The average molecular weight is 180 g/mol. The van der Waals surface area contributed by atoms with Gasteiger partial charge in [0.05, 0.1) is 6.10 Å². The maximum absolute atomic E-state index is 9.59. The van der Waals surface area contributed by atoms with Crippen molar-refractivity contribution in [1.29, 1.82) is 0 Å². The molecule has 72 valence electrons. The number of phenolic OH excluding ortho intramolecular Hbond substituents is 1. The molecule has 2 nitrogen and oxygen atoms in total. The third kappa shape index (κ3) is 3.07. The molecule has 0 amide bonds. The zero-order valence-corrected chi connectivity index (χ0v) is 8.07. The summed E-state index contributed by atoms with van der Waals surface area (Å²) in [7, 11) is 0. The van der Waals surface area contributed by atoms with E-state index in [-0.39, 0.29) is 17.8 Å². The molecule has 1 atom stereocenters. The topological polar surface area (TPSA) is 40.5 Å². The monoisotopic (exact) mass is 180 g/mol. The van der Waals surface area contributed by atoms with Crippen LogP contribution in [-0.2, 0) is 6.42 Å². The molecule has 1 aromatic carbocycles. The van der Waals surface area contributed by atoms with Crippen LogP contribution in [0.15, 0.2) is 24.3 Å². The van der Waals surface area contributed by atoms with Crippen LogP contribution in [0.5, 0.6) is 5.75 Å². The Morgan fingerprint density at radius 1 is 1.15 bits per heavy atom. The Labute approximate surface area is 78.8 Å². The third-order valence-electron chi connectivity index (χ3n) is 2.15. The van der Waals surface area contributed by atoms with Crippen molar-refractivity contribution in [1.82, 2.24) is 0 Å². The van der Waals surface area contributed by atoms with Gasteiger partial charge < -0.3 is 10.2 Å². The molecule has 0 aliphatic heterocycles. The SMILES string of the molecule is CC(C)C(O)Cc1ccc(O)cc1. The van der Waals surface area contributed by atoms with Gasteiger partial charge in [0.1, 0.15) is 5.75 Å². The highest BCUT2D eigenvalue weighted by atomic mass is 16.3. The molecule has 0 aromatic heterocycles. The Morgan fingerprint density at radius 3 is 2.15 bits per heavy atom. The van der Waals surface area contributed by atoms with Crippen molar-refractivity contribution in [3.8, 4) is 5.75 Å². The van der Waals surface area contributed by atoms with E-state index in [4.69, 9.17) is 5.11 Å². The first-order chi connectivity index (χ1) is 6.09. The molecule has 0 saturated carbocycles. The zero-order chi connectivity index (χ0) is 9.84. The molecule has 0 spiro atoms. The average Bonchev–Trinajstić information content (AvgIpc) is 2.08. The van der Waals surface area contributed by atoms with Crippen molar-refractivity contribution in [2.45, 2.75) is 26.4 Å². The summed E-state index contributed by atoms with van der Waals surface area (Å²) in [6.45, 7) is 3.98. The van der Waals surface area contributed by atoms with E-state index in [2.05, 4.69) is 0 Å². The molecule has 13 heavy (non-hydrogen) atoms. The Balaban J connectivity index is 2.59. The molecule has 0 aliphatic rings. The smallest absolute Gasteiger partial charge is 0.115 e. The van der Waals surface area contributed by atoms with Crippen LogP contribution in [0.3, 0.4) is 0 Å². The highest BCUT2D eigenvalue weighted by Gasteiger charge is 2.09. The number of phenols is 1. The molecule has 0 bridgehead atoms. The van der Waals surface area contributed by atoms with Gasteiger partial charge in [-0.1, -0.05) is 26.0 Å². The molecule has 0 fully saturated rings. The normalized spacial score (nSPS) is 13.2. The van der Waals surface area contributed by atoms with Gasteiger partial charge in [-0.15, -0.1) is 0 Å². The Kier molecular flexibility index (Phi) is 3.32. The number of hydrogen-bond acceptors (Lipinski definition) is 2. The summed E-state index contributed by atoms with van der Waals surface area (Å²) in [6, 6.07) is 6.95. The predicted octanol–water partition coefficient (Wildman–Crippen LogP) is 1.95. The second kappa shape index (κ2) is 4.28. The first-order valence-corrected chi connectivity index (χ1v) is 4.55. The van der Waals surface area contributed by atoms with E-state index >= 15 is 0 Å². The number of benzene rings is 1. The minimum Gasteiger partial charge on any atom is -0.508 e. The summed E-state index contributed by atoms with van der Waals surface area (Å²) in [5.41, 5.74) is 1.05. The number of aliphatic hydroxyl groups excluding tert-OH is 1. The summed E-state index contributed by atoms with van der Waals surface area (Å²) in [4.78, 5) is 0. The lowest BCUT2D eigenvalue weighted by Gasteiger charge is -2.13. The fraction of sp³-hybridized carbons (Fsp3) is 0.455. The molecule has 2 heteroatoms. The van der Waals surface area contributed by atoms with E-state index < -0.39 is 0 Å². The number of rotatable bonds is 3.